The van der Waals surface area contributed by atoms with Crippen molar-refractivity contribution in [3.8, 4) is 0 Å². The number of halogens is 1. The Kier molecular flexibility index (Phi) is 5.31. The normalized spacial score (nSPS) is 12.0. The van der Waals surface area contributed by atoms with Crippen LogP contribution in [0, 0.1) is 6.92 Å². The fraction of sp³-hybridized carbons (Fsp3) is 0.400. The molecule has 0 aliphatic heterocycles. The number of nitrogens with zero attached hydrogens (tertiary/aromatic N) is 1. The van der Waals surface area contributed by atoms with E-state index in [1.807, 2.05) is 12.1 Å². The smallest absolute Gasteiger partial charge is 0.0411 e. The molecule has 0 saturated carbocycles. The maximum atomic E-state index is 6.14. The lowest BCUT2D eigenvalue weighted by Crippen LogP contribution is -2.17. The number of rotatable bonds is 4. The molecule has 2 aromatic rings. The second-order valence-electron chi connectivity index (χ2n) is 7.26. The van der Waals surface area contributed by atoms with Gasteiger partial charge in [0.1, 0.15) is 0 Å². The highest BCUT2D eigenvalue weighted by atomic mass is 35.5. The van der Waals surface area contributed by atoms with E-state index >= 15 is 0 Å². The standard InChI is InChI=1S/C20H26ClN/c1-15-10-17(12-19(21)11-15)14-22(5)13-16-6-8-18(9-7-16)20(2,3)4/h6-12H,13-14H2,1-5H3. The fourth-order valence-corrected chi connectivity index (χ4v) is 3.00. The van der Waals surface area contributed by atoms with Crippen LogP contribution < -0.4 is 0 Å². The first-order chi connectivity index (χ1) is 10.2. The maximum Gasteiger partial charge on any atom is 0.0411 e. The van der Waals surface area contributed by atoms with E-state index in [4.69, 9.17) is 11.6 Å². The molecule has 0 spiro atoms. The summed E-state index contributed by atoms with van der Waals surface area (Å²) in [5.74, 6) is 0. The van der Waals surface area contributed by atoms with E-state index in [0.717, 1.165) is 18.1 Å². The van der Waals surface area contributed by atoms with Crippen LogP contribution in [0.2, 0.25) is 5.02 Å². The molecule has 0 amide bonds. The van der Waals surface area contributed by atoms with Gasteiger partial charge in [-0.25, -0.2) is 0 Å². The first-order valence-corrected chi connectivity index (χ1v) is 8.16. The quantitative estimate of drug-likeness (QED) is 0.712. The molecule has 0 heterocycles. The summed E-state index contributed by atoms with van der Waals surface area (Å²) < 4.78 is 0. The summed E-state index contributed by atoms with van der Waals surface area (Å²) in [6.45, 7) is 10.7. The van der Waals surface area contributed by atoms with E-state index in [9.17, 15) is 0 Å². The number of benzene rings is 2. The highest BCUT2D eigenvalue weighted by molar-refractivity contribution is 6.30. The SMILES string of the molecule is Cc1cc(Cl)cc(CN(C)Cc2ccc(C(C)(C)C)cc2)c1. The van der Waals surface area contributed by atoms with Crippen molar-refractivity contribution < 1.29 is 0 Å². The predicted molar refractivity (Wildman–Crippen MR) is 96.5 cm³/mol. The monoisotopic (exact) mass is 315 g/mol. The highest BCUT2D eigenvalue weighted by Crippen LogP contribution is 2.23. The molecule has 22 heavy (non-hydrogen) atoms. The van der Waals surface area contributed by atoms with Gasteiger partial charge in [-0.1, -0.05) is 62.7 Å². The van der Waals surface area contributed by atoms with Crippen LogP contribution in [0.1, 0.15) is 43.0 Å². The van der Waals surface area contributed by atoms with Crippen LogP contribution in [0.4, 0.5) is 0 Å². The molecule has 0 saturated heterocycles. The van der Waals surface area contributed by atoms with Crippen molar-refractivity contribution in [2.75, 3.05) is 7.05 Å². The van der Waals surface area contributed by atoms with Gasteiger partial charge in [0.15, 0.2) is 0 Å². The van der Waals surface area contributed by atoms with Crippen LogP contribution in [-0.4, -0.2) is 11.9 Å². The minimum absolute atomic E-state index is 0.211. The average molecular weight is 316 g/mol. The Morgan fingerprint density at radius 1 is 0.909 bits per heavy atom. The highest BCUT2D eigenvalue weighted by Gasteiger charge is 2.13. The molecule has 0 bridgehead atoms. The van der Waals surface area contributed by atoms with E-state index in [-0.39, 0.29) is 5.41 Å². The van der Waals surface area contributed by atoms with Crippen LogP contribution in [0.3, 0.4) is 0 Å². The summed E-state index contributed by atoms with van der Waals surface area (Å²) in [4.78, 5) is 2.32. The minimum atomic E-state index is 0.211. The Morgan fingerprint density at radius 2 is 1.50 bits per heavy atom. The molecule has 1 nitrogen and oxygen atoms in total. The maximum absolute atomic E-state index is 6.14. The third kappa shape index (κ3) is 4.86. The van der Waals surface area contributed by atoms with Gasteiger partial charge >= 0.3 is 0 Å². The van der Waals surface area contributed by atoms with E-state index in [1.54, 1.807) is 0 Å². The lowest BCUT2D eigenvalue weighted by molar-refractivity contribution is 0.319. The predicted octanol–water partition coefficient (Wildman–Crippen LogP) is 5.58. The zero-order chi connectivity index (χ0) is 16.3. The zero-order valence-corrected chi connectivity index (χ0v) is 15.0. The molecule has 0 aliphatic carbocycles. The van der Waals surface area contributed by atoms with Gasteiger partial charge in [0, 0.05) is 18.1 Å². The first kappa shape index (κ1) is 17.1. The van der Waals surface area contributed by atoms with Gasteiger partial charge in [0.2, 0.25) is 0 Å². The van der Waals surface area contributed by atoms with Gasteiger partial charge in [-0.15, -0.1) is 0 Å². The molecule has 0 N–H and O–H groups in total. The topological polar surface area (TPSA) is 3.24 Å². The minimum Gasteiger partial charge on any atom is -0.298 e. The van der Waals surface area contributed by atoms with Gasteiger partial charge in [0.25, 0.3) is 0 Å². The summed E-state index contributed by atoms with van der Waals surface area (Å²) in [6.07, 6.45) is 0. The Morgan fingerprint density at radius 3 is 2.05 bits per heavy atom. The summed E-state index contributed by atoms with van der Waals surface area (Å²) in [6, 6.07) is 15.2. The van der Waals surface area contributed by atoms with Crippen molar-refractivity contribution in [3.05, 3.63) is 69.7 Å². The largest absolute Gasteiger partial charge is 0.298 e. The van der Waals surface area contributed by atoms with Crippen LogP contribution in [0.15, 0.2) is 42.5 Å². The van der Waals surface area contributed by atoms with E-state index in [0.29, 0.717) is 0 Å². The van der Waals surface area contributed by atoms with Crippen molar-refractivity contribution in [2.24, 2.45) is 0 Å². The molecule has 2 rings (SSSR count). The summed E-state index contributed by atoms with van der Waals surface area (Å²) in [5.41, 5.74) is 5.41. The van der Waals surface area contributed by atoms with Crippen molar-refractivity contribution in [1.29, 1.82) is 0 Å². The molecule has 118 valence electrons. The van der Waals surface area contributed by atoms with Gasteiger partial charge in [-0.05, 0) is 53.8 Å². The molecule has 2 heteroatoms. The van der Waals surface area contributed by atoms with E-state index in [2.05, 4.69) is 70.0 Å². The van der Waals surface area contributed by atoms with Gasteiger partial charge < -0.3 is 0 Å². The Labute approximate surface area is 139 Å². The fourth-order valence-electron chi connectivity index (χ4n) is 2.69. The summed E-state index contributed by atoms with van der Waals surface area (Å²) >= 11 is 6.14. The van der Waals surface area contributed by atoms with E-state index in [1.165, 1.54) is 22.3 Å². The van der Waals surface area contributed by atoms with Gasteiger partial charge in [-0.2, -0.15) is 0 Å². The average Bonchev–Trinajstić information content (AvgIpc) is 2.36. The van der Waals surface area contributed by atoms with Crippen molar-refractivity contribution in [3.63, 3.8) is 0 Å². The Balaban J connectivity index is 2.01. The van der Waals surface area contributed by atoms with Crippen molar-refractivity contribution in [1.82, 2.24) is 4.90 Å². The van der Waals surface area contributed by atoms with Gasteiger partial charge in [0.05, 0.1) is 0 Å². The molecule has 2 aromatic carbocycles. The number of hydrogen-bond acceptors (Lipinski definition) is 1. The molecule has 0 unspecified atom stereocenters. The molecule has 0 aromatic heterocycles. The van der Waals surface area contributed by atoms with Gasteiger partial charge in [-0.3, -0.25) is 4.90 Å². The molecule has 0 atom stereocenters. The van der Waals surface area contributed by atoms with Crippen molar-refractivity contribution >= 4 is 11.6 Å². The summed E-state index contributed by atoms with van der Waals surface area (Å²) in [7, 11) is 2.15. The lowest BCUT2D eigenvalue weighted by Gasteiger charge is -2.21. The second-order valence-corrected chi connectivity index (χ2v) is 7.69. The molecular weight excluding hydrogens is 290 g/mol. The Hall–Kier alpha value is -1.31. The Bertz CT molecular complexity index is 603. The number of aryl methyl sites for hydroxylation is 1. The van der Waals surface area contributed by atoms with Crippen LogP contribution in [0.25, 0.3) is 0 Å². The van der Waals surface area contributed by atoms with Crippen LogP contribution in [0.5, 0.6) is 0 Å². The van der Waals surface area contributed by atoms with Crippen LogP contribution >= 0.6 is 11.6 Å². The summed E-state index contributed by atoms with van der Waals surface area (Å²) in [5, 5.41) is 0.818. The molecular formula is C20H26ClN. The van der Waals surface area contributed by atoms with Crippen molar-refractivity contribution in [2.45, 2.75) is 46.2 Å². The molecule has 0 aliphatic rings. The number of hydrogen-bond donors (Lipinski definition) is 0. The third-order valence-corrected chi connectivity index (χ3v) is 4.05. The first-order valence-electron chi connectivity index (χ1n) is 7.78. The lowest BCUT2D eigenvalue weighted by atomic mass is 9.87. The second kappa shape index (κ2) is 6.85. The molecule has 0 radical (unpaired) electrons. The van der Waals surface area contributed by atoms with Crippen LogP contribution in [-0.2, 0) is 18.5 Å². The third-order valence-electron chi connectivity index (χ3n) is 3.83. The van der Waals surface area contributed by atoms with E-state index < -0.39 is 0 Å². The molecule has 0 fully saturated rings. The zero-order valence-electron chi connectivity index (χ0n) is 14.3.